The summed E-state index contributed by atoms with van der Waals surface area (Å²) in [7, 11) is 0. The van der Waals surface area contributed by atoms with E-state index in [9.17, 15) is 9.59 Å². The van der Waals surface area contributed by atoms with E-state index in [4.69, 9.17) is 5.11 Å². The smallest absolute Gasteiger partial charge is 0.309 e. The van der Waals surface area contributed by atoms with Crippen molar-refractivity contribution in [1.29, 1.82) is 0 Å². The Morgan fingerprint density at radius 3 is 2.69 bits per heavy atom. The molecule has 5 heteroatoms. The summed E-state index contributed by atoms with van der Waals surface area (Å²) < 4.78 is 0. The Bertz CT molecular complexity index is 287. The SMILES string of the molecule is O=C1CN(C2CCCC2)CC(C(=O)O)CN1. The van der Waals surface area contributed by atoms with E-state index in [0.29, 0.717) is 19.1 Å². The molecule has 16 heavy (non-hydrogen) atoms. The summed E-state index contributed by atoms with van der Waals surface area (Å²) in [5.74, 6) is -1.33. The lowest BCUT2D eigenvalue weighted by atomic mass is 10.1. The molecule has 5 nitrogen and oxygen atoms in total. The zero-order chi connectivity index (χ0) is 11.5. The van der Waals surface area contributed by atoms with E-state index in [1.165, 1.54) is 12.8 Å². The second-order valence-corrected chi connectivity index (χ2v) is 4.71. The fourth-order valence-corrected chi connectivity index (χ4v) is 2.60. The molecule has 1 heterocycles. The Balaban J connectivity index is 2.03. The van der Waals surface area contributed by atoms with Gasteiger partial charge in [-0.15, -0.1) is 0 Å². The third-order valence-electron chi connectivity index (χ3n) is 3.54. The first-order chi connectivity index (χ1) is 7.66. The van der Waals surface area contributed by atoms with Gasteiger partial charge in [-0.3, -0.25) is 14.5 Å². The van der Waals surface area contributed by atoms with Crippen molar-refractivity contribution in [2.24, 2.45) is 5.92 Å². The molecular weight excluding hydrogens is 208 g/mol. The van der Waals surface area contributed by atoms with Gasteiger partial charge in [-0.1, -0.05) is 12.8 Å². The average molecular weight is 226 g/mol. The van der Waals surface area contributed by atoms with Crippen LogP contribution in [0.4, 0.5) is 0 Å². The normalized spacial score (nSPS) is 28.8. The molecule has 0 aromatic heterocycles. The molecule has 0 spiro atoms. The standard InChI is InChI=1S/C11H18N2O3/c14-10-7-13(9-3-1-2-4-9)6-8(5-12-10)11(15)16/h8-9H,1-7H2,(H,12,14)(H,15,16). The van der Waals surface area contributed by atoms with Gasteiger partial charge in [0, 0.05) is 19.1 Å². The summed E-state index contributed by atoms with van der Waals surface area (Å²) >= 11 is 0. The van der Waals surface area contributed by atoms with Crippen LogP contribution < -0.4 is 5.32 Å². The number of carboxylic acid groups (broad SMARTS) is 1. The quantitative estimate of drug-likeness (QED) is 0.698. The molecule has 2 N–H and O–H groups in total. The van der Waals surface area contributed by atoms with E-state index in [1.54, 1.807) is 0 Å². The van der Waals surface area contributed by atoms with Gasteiger partial charge in [0.05, 0.1) is 12.5 Å². The first-order valence-corrected chi connectivity index (χ1v) is 5.90. The third-order valence-corrected chi connectivity index (χ3v) is 3.54. The highest BCUT2D eigenvalue weighted by Gasteiger charge is 2.31. The molecule has 1 aliphatic carbocycles. The minimum Gasteiger partial charge on any atom is -0.481 e. The van der Waals surface area contributed by atoms with Crippen molar-refractivity contribution in [2.45, 2.75) is 31.7 Å². The number of aliphatic carboxylic acids is 1. The lowest BCUT2D eigenvalue weighted by molar-refractivity contribution is -0.142. The maximum Gasteiger partial charge on any atom is 0.309 e. The van der Waals surface area contributed by atoms with E-state index < -0.39 is 11.9 Å². The van der Waals surface area contributed by atoms with Crippen LogP contribution in [0.3, 0.4) is 0 Å². The monoisotopic (exact) mass is 226 g/mol. The van der Waals surface area contributed by atoms with E-state index in [-0.39, 0.29) is 12.5 Å². The average Bonchev–Trinajstić information content (AvgIpc) is 2.68. The maximum absolute atomic E-state index is 11.5. The second kappa shape index (κ2) is 4.82. The van der Waals surface area contributed by atoms with Gasteiger partial charge in [-0.25, -0.2) is 0 Å². The minimum atomic E-state index is -0.815. The van der Waals surface area contributed by atoms with Crippen molar-refractivity contribution in [2.75, 3.05) is 19.6 Å². The van der Waals surface area contributed by atoms with Crippen molar-refractivity contribution in [3.8, 4) is 0 Å². The third kappa shape index (κ3) is 2.52. The predicted molar refractivity (Wildman–Crippen MR) is 58.0 cm³/mol. The zero-order valence-electron chi connectivity index (χ0n) is 9.32. The molecule has 0 aromatic carbocycles. The van der Waals surface area contributed by atoms with Crippen molar-refractivity contribution < 1.29 is 14.7 Å². The number of hydrogen-bond acceptors (Lipinski definition) is 3. The molecule has 90 valence electrons. The Morgan fingerprint density at radius 1 is 1.38 bits per heavy atom. The lowest BCUT2D eigenvalue weighted by Crippen LogP contribution is -2.40. The molecular formula is C11H18N2O3. The van der Waals surface area contributed by atoms with Gasteiger partial charge < -0.3 is 10.4 Å². The lowest BCUT2D eigenvalue weighted by Gasteiger charge is -2.27. The Morgan fingerprint density at radius 2 is 2.06 bits per heavy atom. The number of carbonyl (C=O) groups is 2. The van der Waals surface area contributed by atoms with Crippen molar-refractivity contribution >= 4 is 11.9 Å². The Kier molecular flexibility index (Phi) is 3.43. The van der Waals surface area contributed by atoms with Crippen LogP contribution in [0, 0.1) is 5.92 Å². The van der Waals surface area contributed by atoms with Crippen LogP contribution in [0.25, 0.3) is 0 Å². The number of amides is 1. The first kappa shape index (κ1) is 11.4. The molecule has 1 saturated carbocycles. The molecule has 2 fully saturated rings. The van der Waals surface area contributed by atoms with Crippen LogP contribution in [0.1, 0.15) is 25.7 Å². The summed E-state index contributed by atoms with van der Waals surface area (Å²) in [6.45, 7) is 1.12. The van der Waals surface area contributed by atoms with Gasteiger partial charge in [0.25, 0.3) is 0 Å². The molecule has 0 bridgehead atoms. The van der Waals surface area contributed by atoms with Crippen LogP contribution >= 0.6 is 0 Å². The van der Waals surface area contributed by atoms with Crippen LogP contribution in [0.2, 0.25) is 0 Å². The van der Waals surface area contributed by atoms with Crippen molar-refractivity contribution in [3.63, 3.8) is 0 Å². The molecule has 1 aliphatic heterocycles. The van der Waals surface area contributed by atoms with E-state index >= 15 is 0 Å². The fraction of sp³-hybridized carbons (Fsp3) is 0.818. The van der Waals surface area contributed by atoms with Crippen LogP contribution in [0.5, 0.6) is 0 Å². The number of rotatable bonds is 2. The number of hydrogen-bond donors (Lipinski definition) is 2. The first-order valence-electron chi connectivity index (χ1n) is 5.90. The van der Waals surface area contributed by atoms with Crippen molar-refractivity contribution in [1.82, 2.24) is 10.2 Å². The molecule has 1 saturated heterocycles. The molecule has 1 amide bonds. The number of nitrogens with one attached hydrogen (secondary N) is 1. The topological polar surface area (TPSA) is 69.6 Å². The summed E-state index contributed by atoms with van der Waals surface area (Å²) in [5.41, 5.74) is 0. The van der Waals surface area contributed by atoms with Gasteiger partial charge >= 0.3 is 5.97 Å². The van der Waals surface area contributed by atoms with E-state index in [1.807, 2.05) is 4.90 Å². The molecule has 1 unspecified atom stereocenters. The highest BCUT2D eigenvalue weighted by atomic mass is 16.4. The largest absolute Gasteiger partial charge is 0.481 e. The maximum atomic E-state index is 11.5. The second-order valence-electron chi connectivity index (χ2n) is 4.71. The highest BCUT2D eigenvalue weighted by Crippen LogP contribution is 2.24. The van der Waals surface area contributed by atoms with Gasteiger partial charge in [-0.05, 0) is 12.8 Å². The Labute approximate surface area is 94.8 Å². The molecule has 2 rings (SSSR count). The number of nitrogens with zero attached hydrogens (tertiary/aromatic N) is 1. The van der Waals surface area contributed by atoms with Crippen LogP contribution in [-0.2, 0) is 9.59 Å². The highest BCUT2D eigenvalue weighted by molar-refractivity contribution is 5.80. The number of carboxylic acids is 1. The predicted octanol–water partition coefficient (Wildman–Crippen LogP) is 0.0616. The minimum absolute atomic E-state index is 0.0457. The molecule has 0 radical (unpaired) electrons. The summed E-state index contributed by atoms with van der Waals surface area (Å²) in [4.78, 5) is 24.5. The molecule has 0 aromatic rings. The molecule has 2 aliphatic rings. The number of carbonyl (C=O) groups excluding carboxylic acids is 1. The summed E-state index contributed by atoms with van der Waals surface area (Å²) in [6, 6.07) is 0.408. The van der Waals surface area contributed by atoms with Gasteiger partial charge in [0.1, 0.15) is 0 Å². The summed E-state index contributed by atoms with van der Waals surface area (Å²) in [6.07, 6.45) is 4.58. The van der Waals surface area contributed by atoms with Crippen molar-refractivity contribution in [3.05, 3.63) is 0 Å². The molecule has 1 atom stereocenters. The summed E-state index contributed by atoms with van der Waals surface area (Å²) in [5, 5.41) is 11.7. The fourth-order valence-electron chi connectivity index (χ4n) is 2.60. The van der Waals surface area contributed by atoms with E-state index in [2.05, 4.69) is 5.32 Å². The zero-order valence-corrected chi connectivity index (χ0v) is 9.32. The van der Waals surface area contributed by atoms with Gasteiger partial charge in [-0.2, -0.15) is 0 Å². The van der Waals surface area contributed by atoms with E-state index in [0.717, 1.165) is 12.8 Å². The van der Waals surface area contributed by atoms with Crippen LogP contribution in [-0.4, -0.2) is 47.6 Å². The van der Waals surface area contributed by atoms with Gasteiger partial charge in [0.2, 0.25) is 5.91 Å². The van der Waals surface area contributed by atoms with Gasteiger partial charge in [0.15, 0.2) is 0 Å². The Hall–Kier alpha value is -1.10. The van der Waals surface area contributed by atoms with Crippen LogP contribution in [0.15, 0.2) is 0 Å².